The third kappa shape index (κ3) is 7.12. The van der Waals surface area contributed by atoms with Gasteiger partial charge in [-0.1, -0.05) is 34.1 Å². The lowest BCUT2D eigenvalue weighted by atomic mass is 9.99. The Morgan fingerprint density at radius 2 is 1.77 bits per heavy atom. The second-order valence-corrected chi connectivity index (χ2v) is 9.76. The van der Waals surface area contributed by atoms with Crippen LogP contribution in [0.25, 0.3) is 0 Å². The van der Waals surface area contributed by atoms with Crippen molar-refractivity contribution in [3.8, 4) is 0 Å². The van der Waals surface area contributed by atoms with Crippen LogP contribution in [0.15, 0.2) is 0 Å². The van der Waals surface area contributed by atoms with Crippen LogP contribution in [0.3, 0.4) is 0 Å². The van der Waals surface area contributed by atoms with E-state index in [1.54, 1.807) is 20.8 Å². The summed E-state index contributed by atoms with van der Waals surface area (Å²) in [4.78, 5) is 36.4. The highest BCUT2D eigenvalue weighted by molar-refractivity contribution is 5.74. The van der Waals surface area contributed by atoms with Crippen LogP contribution in [0, 0.1) is 11.8 Å². The highest BCUT2D eigenvalue weighted by atomic mass is 16.6. The average Bonchev–Trinajstić information content (AvgIpc) is 3.00. The molecular formula is C21H40N3O6+. The molecule has 5 atom stereocenters. The predicted octanol–water partition coefficient (Wildman–Crippen LogP) is 2.60. The minimum atomic E-state index is -1.00. The van der Waals surface area contributed by atoms with Gasteiger partial charge in [-0.05, 0) is 32.6 Å². The van der Waals surface area contributed by atoms with Crippen molar-refractivity contribution in [1.82, 2.24) is 10.7 Å². The van der Waals surface area contributed by atoms with E-state index in [-0.39, 0.29) is 23.0 Å². The molecule has 0 radical (unpaired) electrons. The average molecular weight is 431 g/mol. The van der Waals surface area contributed by atoms with Gasteiger partial charge >= 0.3 is 18.0 Å². The summed E-state index contributed by atoms with van der Waals surface area (Å²) < 4.78 is 5.30. The van der Waals surface area contributed by atoms with Crippen molar-refractivity contribution in [2.45, 2.75) is 91.5 Å². The summed E-state index contributed by atoms with van der Waals surface area (Å²) in [5.41, 5.74) is 2.53. The number of aliphatic carboxylic acids is 2. The van der Waals surface area contributed by atoms with Gasteiger partial charge in [0.2, 0.25) is 6.04 Å². The Morgan fingerprint density at radius 1 is 1.17 bits per heavy atom. The summed E-state index contributed by atoms with van der Waals surface area (Å²) in [5, 5.41) is 22.5. The maximum absolute atomic E-state index is 12.4. The zero-order valence-corrected chi connectivity index (χ0v) is 19.4. The minimum Gasteiger partial charge on any atom is -0.480 e. The lowest BCUT2D eigenvalue weighted by molar-refractivity contribution is -0.976. The first-order chi connectivity index (χ1) is 13.7. The lowest BCUT2D eigenvalue weighted by Crippen LogP contribution is -2.71. The van der Waals surface area contributed by atoms with Crippen LogP contribution in [0.4, 0.5) is 4.79 Å². The number of hydrogen-bond donors (Lipinski definition) is 4. The standard InChI is InChI=1S/C21H39N3O6/c1-8-14(4)17(19(27)28)23-24(11-9-10-16(24)18(25)26)12-15(13(2)3)22-20(29)30-21(5,6)7/h13-17,23H,8-12H2,1-7H3,(H2-,22,25,26,27,28,29)/p+1/t14-,15+,16-,17-,24?/m0/s1. The monoisotopic (exact) mass is 430 g/mol. The fraction of sp³-hybridized carbons (Fsp3) is 0.857. The third-order valence-electron chi connectivity index (χ3n) is 5.82. The molecule has 1 amide bonds. The Hall–Kier alpha value is -1.87. The smallest absolute Gasteiger partial charge is 0.408 e. The number of carbonyl (C=O) groups excluding carboxylic acids is 1. The number of carbonyl (C=O) groups is 3. The lowest BCUT2D eigenvalue weighted by Gasteiger charge is -2.43. The largest absolute Gasteiger partial charge is 0.480 e. The molecule has 0 bridgehead atoms. The van der Waals surface area contributed by atoms with Crippen molar-refractivity contribution in [2.75, 3.05) is 13.1 Å². The molecule has 4 N–H and O–H groups in total. The second-order valence-electron chi connectivity index (χ2n) is 9.76. The molecule has 0 saturated carbocycles. The molecule has 9 heteroatoms. The van der Waals surface area contributed by atoms with E-state index in [1.807, 2.05) is 27.7 Å². The van der Waals surface area contributed by atoms with Crippen molar-refractivity contribution >= 4 is 18.0 Å². The molecule has 1 unspecified atom stereocenters. The maximum Gasteiger partial charge on any atom is 0.408 e. The second kappa shape index (κ2) is 10.4. The number of amides is 1. The fourth-order valence-electron chi connectivity index (χ4n) is 3.90. The molecule has 174 valence electrons. The Morgan fingerprint density at radius 3 is 2.20 bits per heavy atom. The van der Waals surface area contributed by atoms with Crippen LogP contribution in [-0.4, -0.2) is 69.7 Å². The number of quaternary nitrogens is 1. The molecule has 1 aliphatic heterocycles. The molecule has 0 aliphatic carbocycles. The molecule has 0 spiro atoms. The SMILES string of the molecule is CC[C@H](C)[C@H](N[N+]1(C[C@@H](NC(=O)OC(C)(C)C)C(C)C)CCC[C@H]1C(=O)O)C(=O)O. The summed E-state index contributed by atoms with van der Waals surface area (Å²) in [7, 11) is 0. The number of nitrogens with zero attached hydrogens (tertiary/aromatic N) is 1. The Balaban J connectivity index is 3.22. The molecular weight excluding hydrogens is 390 g/mol. The van der Waals surface area contributed by atoms with Gasteiger partial charge in [0.05, 0.1) is 12.6 Å². The Bertz CT molecular complexity index is 618. The van der Waals surface area contributed by atoms with E-state index < -0.39 is 41.8 Å². The van der Waals surface area contributed by atoms with Gasteiger partial charge in [0.15, 0.2) is 6.04 Å². The van der Waals surface area contributed by atoms with Gasteiger partial charge in [-0.3, -0.25) is 4.79 Å². The van der Waals surface area contributed by atoms with Crippen molar-refractivity contribution in [3.05, 3.63) is 0 Å². The van der Waals surface area contributed by atoms with Crippen molar-refractivity contribution in [1.29, 1.82) is 0 Å². The van der Waals surface area contributed by atoms with Crippen LogP contribution < -0.4 is 10.7 Å². The first-order valence-electron chi connectivity index (χ1n) is 10.8. The summed E-state index contributed by atoms with van der Waals surface area (Å²) >= 11 is 0. The summed E-state index contributed by atoms with van der Waals surface area (Å²) in [6.07, 6.45) is 1.19. The molecule has 1 saturated heterocycles. The number of likely N-dealkylation sites (tertiary alicyclic amines) is 1. The van der Waals surface area contributed by atoms with Crippen molar-refractivity contribution in [3.63, 3.8) is 0 Å². The molecule has 1 aliphatic rings. The van der Waals surface area contributed by atoms with Crippen LogP contribution in [0.1, 0.15) is 67.7 Å². The number of hydrogen-bond acceptors (Lipinski definition) is 5. The zero-order chi connectivity index (χ0) is 23.3. The van der Waals surface area contributed by atoms with Crippen LogP contribution in [-0.2, 0) is 14.3 Å². The van der Waals surface area contributed by atoms with Crippen molar-refractivity contribution in [2.24, 2.45) is 11.8 Å². The van der Waals surface area contributed by atoms with E-state index in [2.05, 4.69) is 10.7 Å². The van der Waals surface area contributed by atoms with Gasteiger partial charge in [0.1, 0.15) is 12.1 Å². The first kappa shape index (κ1) is 26.2. The van der Waals surface area contributed by atoms with Gasteiger partial charge in [0, 0.05) is 12.8 Å². The topological polar surface area (TPSA) is 125 Å². The molecule has 0 aromatic carbocycles. The first-order valence-corrected chi connectivity index (χ1v) is 10.8. The van der Waals surface area contributed by atoms with E-state index >= 15 is 0 Å². The third-order valence-corrected chi connectivity index (χ3v) is 5.82. The van der Waals surface area contributed by atoms with Crippen LogP contribution >= 0.6 is 0 Å². The Kier molecular flexibility index (Phi) is 9.10. The normalized spacial score (nSPS) is 24.9. The minimum absolute atomic E-state index is 0.00348. The van der Waals surface area contributed by atoms with Gasteiger partial charge in [-0.15, -0.1) is 0 Å². The van der Waals surface area contributed by atoms with E-state index in [4.69, 9.17) is 4.74 Å². The number of nitrogens with one attached hydrogen (secondary N) is 2. The highest BCUT2D eigenvalue weighted by Crippen LogP contribution is 2.28. The fourth-order valence-corrected chi connectivity index (χ4v) is 3.90. The Labute approximate surface area is 179 Å². The molecule has 9 nitrogen and oxygen atoms in total. The quantitative estimate of drug-likeness (QED) is 0.393. The summed E-state index contributed by atoms with van der Waals surface area (Å²) in [6.45, 7) is 13.7. The molecule has 1 heterocycles. The van der Waals surface area contributed by atoms with Crippen LogP contribution in [0.5, 0.6) is 0 Å². The van der Waals surface area contributed by atoms with E-state index in [0.29, 0.717) is 25.8 Å². The summed E-state index contributed by atoms with van der Waals surface area (Å²) in [5.74, 6) is -2.15. The molecule has 0 aromatic heterocycles. The van der Waals surface area contributed by atoms with Gasteiger partial charge in [-0.2, -0.15) is 5.43 Å². The summed E-state index contributed by atoms with van der Waals surface area (Å²) in [6, 6.07) is -2.06. The zero-order valence-electron chi connectivity index (χ0n) is 19.4. The molecule has 30 heavy (non-hydrogen) atoms. The van der Waals surface area contributed by atoms with Crippen LogP contribution in [0.2, 0.25) is 0 Å². The predicted molar refractivity (Wildman–Crippen MR) is 113 cm³/mol. The highest BCUT2D eigenvalue weighted by Gasteiger charge is 2.51. The van der Waals surface area contributed by atoms with Gasteiger partial charge in [-0.25, -0.2) is 14.2 Å². The molecule has 1 fully saturated rings. The van der Waals surface area contributed by atoms with E-state index in [1.165, 1.54) is 0 Å². The number of alkyl carbamates (subject to hydrolysis) is 1. The number of ether oxygens (including phenoxy) is 1. The van der Waals surface area contributed by atoms with Gasteiger partial charge in [0.25, 0.3) is 0 Å². The molecule has 1 rings (SSSR count). The molecule has 0 aromatic rings. The number of rotatable bonds is 10. The van der Waals surface area contributed by atoms with Gasteiger partial charge < -0.3 is 20.3 Å². The van der Waals surface area contributed by atoms with E-state index in [0.717, 1.165) is 0 Å². The van der Waals surface area contributed by atoms with Crippen molar-refractivity contribution < 1.29 is 33.9 Å². The number of carboxylic acids is 2. The number of carboxylic acid groups (broad SMARTS) is 2. The van der Waals surface area contributed by atoms with E-state index in [9.17, 15) is 24.6 Å². The maximum atomic E-state index is 12.4.